The number of nitrogens with zero attached hydrogens (tertiary/aromatic N) is 3. The van der Waals surface area contributed by atoms with Gasteiger partial charge in [0.25, 0.3) is 11.1 Å². The van der Waals surface area contributed by atoms with Gasteiger partial charge in [-0.25, -0.2) is 0 Å². The molecule has 1 saturated heterocycles. The highest BCUT2D eigenvalue weighted by Gasteiger charge is 2.36. The number of rotatable bonds is 6. The Labute approximate surface area is 206 Å². The predicted molar refractivity (Wildman–Crippen MR) is 134 cm³/mol. The minimum Gasteiger partial charge on any atom is -0.497 e. The molecular formula is C26H22N4O4S. The van der Waals surface area contributed by atoms with Crippen LogP contribution in [0.3, 0.4) is 0 Å². The Morgan fingerprint density at radius 2 is 1.80 bits per heavy atom. The molecule has 0 bridgehead atoms. The summed E-state index contributed by atoms with van der Waals surface area (Å²) in [6.07, 6.45) is 1.68. The number of carbonyl (C=O) groups is 3. The van der Waals surface area contributed by atoms with E-state index in [9.17, 15) is 14.4 Å². The Kier molecular flexibility index (Phi) is 6.75. The van der Waals surface area contributed by atoms with Crippen molar-refractivity contribution in [3.05, 3.63) is 82.0 Å². The Hall–Kier alpha value is -4.29. The quantitative estimate of drug-likeness (QED) is 0.509. The van der Waals surface area contributed by atoms with Crippen molar-refractivity contribution >= 4 is 40.6 Å². The minimum absolute atomic E-state index is 0.257. The molecule has 1 N–H and O–H groups in total. The summed E-state index contributed by atoms with van der Waals surface area (Å²) in [5, 5.41) is 11.2. The third-order valence-electron chi connectivity index (χ3n) is 5.56. The number of nitrogens with one attached hydrogen (secondary N) is 1. The number of carbonyl (C=O) groups excluding carboxylic acids is 3. The average Bonchev–Trinajstić information content (AvgIpc) is 3.28. The maximum absolute atomic E-state index is 12.9. The molecule has 4 rings (SSSR count). The highest BCUT2D eigenvalue weighted by molar-refractivity contribution is 8.18. The summed E-state index contributed by atoms with van der Waals surface area (Å²) in [6, 6.07) is 18.0. The molecule has 3 aromatic rings. The van der Waals surface area contributed by atoms with Crippen molar-refractivity contribution in [2.75, 3.05) is 19.0 Å². The molecule has 3 amide bonds. The molecule has 1 aliphatic rings. The molecule has 0 saturated carbocycles. The number of methoxy groups -OCH3 is 1. The van der Waals surface area contributed by atoms with Crippen LogP contribution in [-0.4, -0.2) is 40.2 Å². The molecule has 0 radical (unpaired) electrons. The molecule has 1 aliphatic heterocycles. The fraction of sp³-hybridized carbons (Fsp3) is 0.154. The number of thioether (sulfide) groups is 1. The van der Waals surface area contributed by atoms with E-state index in [1.54, 1.807) is 49.6 Å². The second-order valence-corrected chi connectivity index (χ2v) is 8.86. The van der Waals surface area contributed by atoms with Crippen LogP contribution in [0, 0.1) is 25.2 Å². The highest BCUT2D eigenvalue weighted by atomic mass is 32.2. The number of aromatic nitrogens is 1. The van der Waals surface area contributed by atoms with Gasteiger partial charge in [0, 0.05) is 22.8 Å². The molecule has 2 heterocycles. The van der Waals surface area contributed by atoms with E-state index in [4.69, 9.17) is 10.00 Å². The van der Waals surface area contributed by atoms with Gasteiger partial charge in [-0.05, 0) is 91.8 Å². The van der Waals surface area contributed by atoms with Gasteiger partial charge in [-0.2, -0.15) is 5.26 Å². The van der Waals surface area contributed by atoms with Crippen LogP contribution in [-0.2, 0) is 9.59 Å². The van der Waals surface area contributed by atoms with Crippen LogP contribution in [0.4, 0.5) is 10.5 Å². The van der Waals surface area contributed by atoms with Crippen LogP contribution < -0.4 is 10.1 Å². The topological polar surface area (TPSA) is 104 Å². The predicted octanol–water partition coefficient (Wildman–Crippen LogP) is 4.65. The highest BCUT2D eigenvalue weighted by Crippen LogP contribution is 2.33. The average molecular weight is 487 g/mol. The summed E-state index contributed by atoms with van der Waals surface area (Å²) in [4.78, 5) is 39.1. The Morgan fingerprint density at radius 1 is 1.11 bits per heavy atom. The van der Waals surface area contributed by atoms with Crippen molar-refractivity contribution in [1.82, 2.24) is 9.47 Å². The number of anilines is 1. The zero-order valence-corrected chi connectivity index (χ0v) is 20.2. The lowest BCUT2D eigenvalue weighted by Crippen LogP contribution is -2.36. The second kappa shape index (κ2) is 9.91. The van der Waals surface area contributed by atoms with Gasteiger partial charge in [-0.15, -0.1) is 0 Å². The SMILES string of the molecule is COc1ccc(NC(=O)CN2C(=O)S/C(=C/c3cc(C)n(-c4ccc(C#N)cc4)c3C)C2=O)cc1. The maximum Gasteiger partial charge on any atom is 0.294 e. The van der Waals surface area contributed by atoms with E-state index in [0.29, 0.717) is 17.0 Å². The van der Waals surface area contributed by atoms with E-state index < -0.39 is 17.1 Å². The van der Waals surface area contributed by atoms with Gasteiger partial charge in [-0.1, -0.05) is 0 Å². The van der Waals surface area contributed by atoms with Crippen molar-refractivity contribution in [2.45, 2.75) is 13.8 Å². The number of imide groups is 1. The molecule has 0 spiro atoms. The number of aryl methyl sites for hydroxylation is 1. The molecule has 9 heteroatoms. The number of hydrogen-bond acceptors (Lipinski definition) is 6. The lowest BCUT2D eigenvalue weighted by Gasteiger charge is -2.12. The summed E-state index contributed by atoms with van der Waals surface area (Å²) in [5.74, 6) is -0.330. The van der Waals surface area contributed by atoms with Crippen LogP contribution >= 0.6 is 11.8 Å². The van der Waals surface area contributed by atoms with E-state index in [1.807, 2.05) is 36.6 Å². The van der Waals surface area contributed by atoms with Crippen LogP contribution in [0.5, 0.6) is 5.75 Å². The Bertz CT molecular complexity index is 1380. The van der Waals surface area contributed by atoms with Gasteiger partial charge in [-0.3, -0.25) is 19.3 Å². The summed E-state index contributed by atoms with van der Waals surface area (Å²) in [5.41, 5.74) is 4.62. The van der Waals surface area contributed by atoms with Gasteiger partial charge >= 0.3 is 0 Å². The lowest BCUT2D eigenvalue weighted by molar-refractivity contribution is -0.127. The molecule has 0 aliphatic carbocycles. The van der Waals surface area contributed by atoms with Crippen molar-refractivity contribution < 1.29 is 19.1 Å². The summed E-state index contributed by atoms with van der Waals surface area (Å²) in [6.45, 7) is 3.49. The number of benzene rings is 2. The fourth-order valence-electron chi connectivity index (χ4n) is 3.81. The second-order valence-electron chi connectivity index (χ2n) is 7.87. The van der Waals surface area contributed by atoms with Gasteiger partial charge < -0.3 is 14.6 Å². The first kappa shape index (κ1) is 23.9. The maximum atomic E-state index is 12.9. The van der Waals surface area contributed by atoms with Crippen molar-refractivity contribution in [3.63, 3.8) is 0 Å². The smallest absolute Gasteiger partial charge is 0.294 e. The number of nitriles is 1. The van der Waals surface area contributed by atoms with Crippen LogP contribution in [0.25, 0.3) is 11.8 Å². The van der Waals surface area contributed by atoms with Crippen LogP contribution in [0.1, 0.15) is 22.5 Å². The van der Waals surface area contributed by atoms with E-state index in [2.05, 4.69) is 11.4 Å². The van der Waals surface area contributed by atoms with Gasteiger partial charge in [0.1, 0.15) is 12.3 Å². The third-order valence-corrected chi connectivity index (χ3v) is 6.47. The van der Waals surface area contributed by atoms with E-state index >= 15 is 0 Å². The number of amides is 3. The van der Waals surface area contributed by atoms with E-state index in [1.165, 1.54) is 0 Å². The summed E-state index contributed by atoms with van der Waals surface area (Å²) in [7, 11) is 1.55. The van der Waals surface area contributed by atoms with Gasteiger partial charge in [0.2, 0.25) is 5.91 Å². The zero-order chi connectivity index (χ0) is 25.1. The standard InChI is InChI=1S/C26H22N4O4S/c1-16-12-19(17(2)30(16)21-8-4-18(14-27)5-9-21)13-23-25(32)29(26(33)35-23)15-24(31)28-20-6-10-22(34-3)11-7-20/h4-13H,15H2,1-3H3,(H,28,31)/b23-13+. The lowest BCUT2D eigenvalue weighted by atomic mass is 10.2. The number of hydrogen-bond donors (Lipinski definition) is 1. The molecule has 8 nitrogen and oxygen atoms in total. The fourth-order valence-corrected chi connectivity index (χ4v) is 4.64. The van der Waals surface area contributed by atoms with Crippen LogP contribution in [0.2, 0.25) is 0 Å². The molecular weight excluding hydrogens is 464 g/mol. The molecule has 35 heavy (non-hydrogen) atoms. The molecule has 2 aromatic carbocycles. The molecule has 0 unspecified atom stereocenters. The first-order valence-corrected chi connectivity index (χ1v) is 11.5. The largest absolute Gasteiger partial charge is 0.497 e. The number of ether oxygens (including phenoxy) is 1. The van der Waals surface area contributed by atoms with Crippen molar-refractivity contribution in [2.24, 2.45) is 0 Å². The first-order chi connectivity index (χ1) is 16.8. The minimum atomic E-state index is -0.506. The van der Waals surface area contributed by atoms with Crippen molar-refractivity contribution in [1.29, 1.82) is 5.26 Å². The van der Waals surface area contributed by atoms with Gasteiger partial charge in [0.15, 0.2) is 0 Å². The van der Waals surface area contributed by atoms with E-state index in [-0.39, 0.29) is 11.4 Å². The van der Waals surface area contributed by atoms with Crippen molar-refractivity contribution in [3.8, 4) is 17.5 Å². The van der Waals surface area contributed by atoms with Gasteiger partial charge in [0.05, 0.1) is 23.6 Å². The normalized spacial score (nSPS) is 14.3. The summed E-state index contributed by atoms with van der Waals surface area (Å²) < 4.78 is 7.10. The Balaban J connectivity index is 1.50. The monoisotopic (exact) mass is 486 g/mol. The Morgan fingerprint density at radius 3 is 2.43 bits per heavy atom. The van der Waals surface area contributed by atoms with E-state index in [0.717, 1.165) is 39.3 Å². The zero-order valence-electron chi connectivity index (χ0n) is 19.4. The molecule has 1 aromatic heterocycles. The molecule has 0 atom stereocenters. The van der Waals surface area contributed by atoms with Crippen LogP contribution in [0.15, 0.2) is 59.5 Å². The third kappa shape index (κ3) is 4.98. The first-order valence-electron chi connectivity index (χ1n) is 10.7. The molecule has 176 valence electrons. The molecule has 1 fully saturated rings. The summed E-state index contributed by atoms with van der Waals surface area (Å²) >= 11 is 0.811.